The summed E-state index contributed by atoms with van der Waals surface area (Å²) in [6.45, 7) is 6.79. The van der Waals surface area contributed by atoms with Gasteiger partial charge in [0.1, 0.15) is 15.4 Å². The third-order valence-electron chi connectivity index (χ3n) is 5.87. The van der Waals surface area contributed by atoms with Crippen LogP contribution in [0.4, 0.5) is 17.1 Å². The van der Waals surface area contributed by atoms with E-state index in [0.717, 1.165) is 35.2 Å². The van der Waals surface area contributed by atoms with Crippen LogP contribution in [-0.2, 0) is 12.8 Å². The fourth-order valence-corrected chi connectivity index (χ4v) is 5.01. The summed E-state index contributed by atoms with van der Waals surface area (Å²) in [6.07, 6.45) is 2.97. The van der Waals surface area contributed by atoms with Gasteiger partial charge in [-0.2, -0.15) is 0 Å². The predicted octanol–water partition coefficient (Wildman–Crippen LogP) is 5.19. The van der Waals surface area contributed by atoms with Gasteiger partial charge in [0.15, 0.2) is 0 Å². The molecule has 0 spiro atoms. The third-order valence-corrected chi connectivity index (χ3v) is 6.98. The van der Waals surface area contributed by atoms with Crippen molar-refractivity contribution in [3.05, 3.63) is 56.6 Å². The fraction of sp³-hybridized carbons (Fsp3) is 0.364. The molecule has 0 saturated heterocycles. The van der Waals surface area contributed by atoms with Crippen LogP contribution in [0.5, 0.6) is 0 Å². The molecule has 7 nitrogen and oxygen atoms in total. The van der Waals surface area contributed by atoms with Crippen LogP contribution in [0.2, 0.25) is 0 Å². The van der Waals surface area contributed by atoms with Crippen LogP contribution in [0, 0.1) is 21.4 Å². The molecule has 0 aliphatic heterocycles. The molecule has 0 bridgehead atoms. The Hall–Kier alpha value is -3.00. The van der Waals surface area contributed by atoms with Crippen LogP contribution in [0.15, 0.2) is 30.3 Å². The number of hydrogen-bond acceptors (Lipinski definition) is 6. The van der Waals surface area contributed by atoms with Crippen molar-refractivity contribution in [3.8, 4) is 0 Å². The zero-order chi connectivity index (χ0) is 21.6. The van der Waals surface area contributed by atoms with E-state index in [0.29, 0.717) is 16.5 Å². The van der Waals surface area contributed by atoms with Gasteiger partial charge in [-0.15, -0.1) is 11.3 Å². The Balaban J connectivity index is 1.68. The lowest BCUT2D eigenvalue weighted by Crippen LogP contribution is -2.27. The standard InChI is InChI=1S/C22H24N4O3S/c1-22(2,3)13-8-9-15-12(10-13)11-14-18(23)19(30-21(14)25-15)20(27)24-16-6-4-5-7-17(16)26(28)29/h4-7,11,13H,8-10,23H2,1-3H3,(H,24,27). The molecule has 8 heteroatoms. The number of pyridine rings is 1. The minimum Gasteiger partial charge on any atom is -0.397 e. The molecule has 0 radical (unpaired) electrons. The lowest BCUT2D eigenvalue weighted by molar-refractivity contribution is -0.383. The van der Waals surface area contributed by atoms with Gasteiger partial charge in [0, 0.05) is 17.1 Å². The number of nitrogens with two attached hydrogens (primary N) is 1. The summed E-state index contributed by atoms with van der Waals surface area (Å²) >= 11 is 1.23. The molecule has 30 heavy (non-hydrogen) atoms. The van der Waals surface area contributed by atoms with Crippen molar-refractivity contribution >= 4 is 44.5 Å². The smallest absolute Gasteiger partial charge is 0.292 e. The topological polar surface area (TPSA) is 111 Å². The molecule has 156 valence electrons. The lowest BCUT2D eigenvalue weighted by Gasteiger charge is -2.34. The summed E-state index contributed by atoms with van der Waals surface area (Å²) in [5.41, 5.74) is 9.18. The first-order chi connectivity index (χ1) is 14.1. The number of nitrogens with one attached hydrogen (secondary N) is 1. The molecule has 0 saturated carbocycles. The van der Waals surface area contributed by atoms with Gasteiger partial charge in [0.25, 0.3) is 11.6 Å². The molecule has 1 unspecified atom stereocenters. The number of rotatable bonds is 3. The second-order valence-electron chi connectivity index (χ2n) is 8.83. The summed E-state index contributed by atoms with van der Waals surface area (Å²) in [5.74, 6) is 0.112. The first-order valence-electron chi connectivity index (χ1n) is 9.90. The Bertz CT molecular complexity index is 1160. The average molecular weight is 425 g/mol. The van der Waals surface area contributed by atoms with Gasteiger partial charge in [-0.1, -0.05) is 32.9 Å². The maximum Gasteiger partial charge on any atom is 0.292 e. The number of nitrogens with zero attached hydrogens (tertiary/aromatic N) is 2. The minimum absolute atomic E-state index is 0.143. The van der Waals surface area contributed by atoms with Crippen LogP contribution < -0.4 is 11.1 Å². The number of benzene rings is 1. The number of carbonyl (C=O) groups excluding carboxylic acids is 1. The van der Waals surface area contributed by atoms with Crippen LogP contribution in [-0.4, -0.2) is 15.8 Å². The first-order valence-corrected chi connectivity index (χ1v) is 10.7. The van der Waals surface area contributed by atoms with Crippen molar-refractivity contribution in [3.63, 3.8) is 0 Å². The Morgan fingerprint density at radius 2 is 2.07 bits per heavy atom. The number of thiophene rings is 1. The van der Waals surface area contributed by atoms with Crippen LogP contribution in [0.25, 0.3) is 10.2 Å². The highest BCUT2D eigenvalue weighted by atomic mass is 32.1. The Morgan fingerprint density at radius 1 is 1.33 bits per heavy atom. The molecule has 1 aromatic carbocycles. The SMILES string of the molecule is CC(C)(C)C1CCc2nc3sc(C(=O)Nc4ccccc4[N+](=O)[O-])c(N)c3cc2C1. The second-order valence-corrected chi connectivity index (χ2v) is 9.82. The van der Waals surface area contributed by atoms with E-state index in [2.05, 4.69) is 32.2 Å². The molecule has 4 rings (SSSR count). The predicted molar refractivity (Wildman–Crippen MR) is 120 cm³/mol. The van der Waals surface area contributed by atoms with Crippen LogP contribution in [0.3, 0.4) is 0 Å². The van der Waals surface area contributed by atoms with Crippen LogP contribution in [0.1, 0.15) is 48.1 Å². The van der Waals surface area contributed by atoms with Gasteiger partial charge in [-0.25, -0.2) is 4.98 Å². The highest BCUT2D eigenvalue weighted by molar-refractivity contribution is 7.21. The van der Waals surface area contributed by atoms with Crippen molar-refractivity contribution < 1.29 is 9.72 Å². The maximum absolute atomic E-state index is 12.9. The van der Waals surface area contributed by atoms with Crippen molar-refractivity contribution in [1.29, 1.82) is 0 Å². The quantitative estimate of drug-likeness (QED) is 0.444. The normalized spacial score (nSPS) is 16.3. The van der Waals surface area contributed by atoms with Crippen molar-refractivity contribution in [2.24, 2.45) is 11.3 Å². The van der Waals surface area contributed by atoms with E-state index < -0.39 is 10.8 Å². The van der Waals surface area contributed by atoms with Crippen LogP contribution >= 0.6 is 11.3 Å². The number of para-hydroxylation sites is 2. The molecule has 2 aromatic heterocycles. The number of nitro groups is 1. The number of anilines is 2. The molecule has 0 fully saturated rings. The number of hydrogen-bond donors (Lipinski definition) is 2. The fourth-order valence-electron chi connectivity index (χ4n) is 4.02. The van der Waals surface area contributed by atoms with Crippen molar-refractivity contribution in [2.45, 2.75) is 40.0 Å². The summed E-state index contributed by atoms with van der Waals surface area (Å²) in [7, 11) is 0. The van der Waals surface area contributed by atoms with Gasteiger partial charge in [-0.3, -0.25) is 14.9 Å². The van der Waals surface area contributed by atoms with Crippen molar-refractivity contribution in [1.82, 2.24) is 4.98 Å². The monoisotopic (exact) mass is 424 g/mol. The van der Waals surface area contributed by atoms with Gasteiger partial charge in [-0.05, 0) is 48.3 Å². The number of aryl methyl sites for hydroxylation is 1. The maximum atomic E-state index is 12.9. The Morgan fingerprint density at radius 3 is 2.77 bits per heavy atom. The molecule has 3 aromatic rings. The average Bonchev–Trinajstić information content (AvgIpc) is 3.01. The highest BCUT2D eigenvalue weighted by Crippen LogP contribution is 2.40. The molecular weight excluding hydrogens is 400 g/mol. The molecular formula is C22H24N4O3S. The summed E-state index contributed by atoms with van der Waals surface area (Å²) in [6, 6.07) is 8.12. The number of amides is 1. The van der Waals surface area contributed by atoms with E-state index in [-0.39, 0.29) is 16.8 Å². The third kappa shape index (κ3) is 3.63. The zero-order valence-corrected chi connectivity index (χ0v) is 18.0. The summed E-state index contributed by atoms with van der Waals surface area (Å²) in [4.78, 5) is 29.4. The van der Waals surface area contributed by atoms with Gasteiger partial charge in [0.2, 0.25) is 0 Å². The molecule has 2 heterocycles. The van der Waals surface area contributed by atoms with Gasteiger partial charge >= 0.3 is 0 Å². The van der Waals surface area contributed by atoms with E-state index >= 15 is 0 Å². The number of aromatic nitrogens is 1. The van der Waals surface area contributed by atoms with E-state index in [9.17, 15) is 14.9 Å². The number of carbonyl (C=O) groups is 1. The zero-order valence-electron chi connectivity index (χ0n) is 17.2. The van der Waals surface area contributed by atoms with E-state index in [1.807, 2.05) is 0 Å². The number of fused-ring (bicyclic) bond motifs is 2. The first kappa shape index (κ1) is 20.3. The minimum atomic E-state index is -0.523. The molecule has 1 atom stereocenters. The van der Waals surface area contributed by atoms with E-state index in [4.69, 9.17) is 10.7 Å². The summed E-state index contributed by atoms with van der Waals surface area (Å²) in [5, 5.41) is 14.6. The van der Waals surface area contributed by atoms with Gasteiger partial charge < -0.3 is 11.1 Å². The number of nitrogen functional groups attached to an aromatic ring is 1. The highest BCUT2D eigenvalue weighted by Gasteiger charge is 2.30. The molecule has 1 aliphatic rings. The van der Waals surface area contributed by atoms with E-state index in [1.54, 1.807) is 12.1 Å². The van der Waals surface area contributed by atoms with Gasteiger partial charge in [0.05, 0.1) is 10.6 Å². The van der Waals surface area contributed by atoms with E-state index in [1.165, 1.54) is 29.0 Å². The molecule has 3 N–H and O–H groups in total. The lowest BCUT2D eigenvalue weighted by atomic mass is 9.71. The Kier molecular flexibility index (Phi) is 4.97. The molecule has 1 amide bonds. The number of nitro benzene ring substituents is 1. The Labute approximate surface area is 178 Å². The molecule has 1 aliphatic carbocycles. The van der Waals surface area contributed by atoms with Crippen molar-refractivity contribution in [2.75, 3.05) is 11.1 Å². The largest absolute Gasteiger partial charge is 0.397 e. The second kappa shape index (κ2) is 7.36. The summed E-state index contributed by atoms with van der Waals surface area (Å²) < 4.78 is 0.